The maximum absolute atomic E-state index is 2.62. The van der Waals surface area contributed by atoms with Gasteiger partial charge in [-0.15, -0.1) is 0 Å². The molecule has 1 aliphatic rings. The maximum atomic E-state index is 2.62. The van der Waals surface area contributed by atoms with Gasteiger partial charge in [-0.1, -0.05) is 6.92 Å². The molecule has 2 rings (SSSR count). The zero-order chi connectivity index (χ0) is 14.5. The lowest BCUT2D eigenvalue weighted by Crippen LogP contribution is -2.38. The first kappa shape index (κ1) is 15.6. The third-order valence-electron chi connectivity index (χ3n) is 4.50. The molecule has 0 spiro atoms. The van der Waals surface area contributed by atoms with Crippen LogP contribution in [0.1, 0.15) is 45.2 Å². The first-order chi connectivity index (χ1) is 9.54. The van der Waals surface area contributed by atoms with Gasteiger partial charge >= 0.3 is 0 Å². The number of nitrogens with zero attached hydrogens (tertiary/aromatic N) is 3. The lowest BCUT2D eigenvalue weighted by Gasteiger charge is -2.31. The average molecular weight is 277 g/mol. The second-order valence-electron chi connectivity index (χ2n) is 6.82. The molecule has 0 aliphatic carbocycles. The molecule has 0 unspecified atom stereocenters. The molecule has 1 aromatic rings. The molecular weight excluding hydrogens is 246 g/mol. The Bertz CT molecular complexity index is 389. The lowest BCUT2D eigenvalue weighted by atomic mass is 9.99. The van der Waals surface area contributed by atoms with E-state index in [-0.39, 0.29) is 0 Å². The molecule has 1 aliphatic heterocycles. The van der Waals surface area contributed by atoms with Gasteiger partial charge in [0.25, 0.3) is 0 Å². The van der Waals surface area contributed by atoms with Crippen molar-refractivity contribution in [3.8, 4) is 0 Å². The molecule has 3 nitrogen and oxygen atoms in total. The molecule has 0 N–H and O–H groups in total. The summed E-state index contributed by atoms with van der Waals surface area (Å²) >= 11 is 0. The van der Waals surface area contributed by atoms with Crippen LogP contribution in [-0.2, 0) is 6.54 Å². The summed E-state index contributed by atoms with van der Waals surface area (Å²) < 4.78 is 2.29. The van der Waals surface area contributed by atoms with E-state index < -0.39 is 0 Å². The summed E-state index contributed by atoms with van der Waals surface area (Å²) in [6.07, 6.45) is 7.23. The minimum absolute atomic E-state index is 0.560. The Balaban J connectivity index is 1.70. The molecule has 0 saturated carbocycles. The summed E-state index contributed by atoms with van der Waals surface area (Å²) in [7, 11) is 2.24. The molecule has 1 saturated heterocycles. The van der Waals surface area contributed by atoms with Gasteiger partial charge in [-0.05, 0) is 64.4 Å². The molecule has 1 aromatic heterocycles. The van der Waals surface area contributed by atoms with E-state index in [2.05, 4.69) is 60.6 Å². The second kappa shape index (κ2) is 7.28. The summed E-state index contributed by atoms with van der Waals surface area (Å²) in [6.45, 7) is 12.9. The lowest BCUT2D eigenvalue weighted by molar-refractivity contribution is 0.169. The summed E-state index contributed by atoms with van der Waals surface area (Å²) in [6, 6.07) is 2.81. The number of hydrogen-bond donors (Lipinski definition) is 0. The van der Waals surface area contributed by atoms with Crippen LogP contribution in [0.5, 0.6) is 0 Å². The van der Waals surface area contributed by atoms with Crippen LogP contribution < -0.4 is 0 Å². The summed E-state index contributed by atoms with van der Waals surface area (Å²) in [4.78, 5) is 5.06. The number of aromatic nitrogens is 1. The van der Waals surface area contributed by atoms with Gasteiger partial charge in [0.15, 0.2) is 0 Å². The van der Waals surface area contributed by atoms with E-state index in [1.165, 1.54) is 44.6 Å². The van der Waals surface area contributed by atoms with Crippen LogP contribution in [0.3, 0.4) is 0 Å². The highest BCUT2D eigenvalue weighted by atomic mass is 15.2. The highest BCUT2D eigenvalue weighted by molar-refractivity contribution is 5.10. The SMILES string of the molecule is CC1CCN(CCN(C)Cc2ccn(C(C)C)c2)CC1. The molecule has 20 heavy (non-hydrogen) atoms. The van der Waals surface area contributed by atoms with Crippen molar-refractivity contribution in [1.82, 2.24) is 14.4 Å². The van der Waals surface area contributed by atoms with Gasteiger partial charge in [0, 0.05) is 38.1 Å². The Kier molecular flexibility index (Phi) is 5.67. The van der Waals surface area contributed by atoms with Crippen LogP contribution in [0.15, 0.2) is 18.5 Å². The van der Waals surface area contributed by atoms with E-state index in [1.54, 1.807) is 0 Å². The van der Waals surface area contributed by atoms with Crippen molar-refractivity contribution >= 4 is 0 Å². The predicted octanol–water partition coefficient (Wildman–Crippen LogP) is 3.23. The first-order valence-electron chi connectivity index (χ1n) is 8.12. The van der Waals surface area contributed by atoms with Gasteiger partial charge in [-0.2, -0.15) is 0 Å². The monoisotopic (exact) mass is 277 g/mol. The van der Waals surface area contributed by atoms with Crippen LogP contribution in [-0.4, -0.2) is 47.6 Å². The number of rotatable bonds is 6. The Morgan fingerprint density at radius 2 is 2.00 bits per heavy atom. The van der Waals surface area contributed by atoms with E-state index in [4.69, 9.17) is 0 Å². The van der Waals surface area contributed by atoms with Crippen LogP contribution in [0.25, 0.3) is 0 Å². The Morgan fingerprint density at radius 1 is 1.30 bits per heavy atom. The van der Waals surface area contributed by atoms with Gasteiger partial charge in [0.2, 0.25) is 0 Å². The molecule has 114 valence electrons. The third kappa shape index (κ3) is 4.64. The van der Waals surface area contributed by atoms with Crippen molar-refractivity contribution in [2.24, 2.45) is 5.92 Å². The van der Waals surface area contributed by atoms with Crippen LogP contribution in [0, 0.1) is 5.92 Å². The van der Waals surface area contributed by atoms with E-state index in [1.807, 2.05) is 0 Å². The smallest absolute Gasteiger partial charge is 0.0274 e. The molecular formula is C17H31N3. The Morgan fingerprint density at radius 3 is 2.60 bits per heavy atom. The number of likely N-dealkylation sites (N-methyl/N-ethyl adjacent to an activating group) is 1. The van der Waals surface area contributed by atoms with E-state index in [9.17, 15) is 0 Å². The van der Waals surface area contributed by atoms with E-state index in [0.717, 1.165) is 12.5 Å². The molecule has 0 amide bonds. The molecule has 0 atom stereocenters. The first-order valence-corrected chi connectivity index (χ1v) is 8.12. The third-order valence-corrected chi connectivity index (χ3v) is 4.50. The van der Waals surface area contributed by atoms with Crippen molar-refractivity contribution in [1.29, 1.82) is 0 Å². The van der Waals surface area contributed by atoms with Gasteiger partial charge in [0.05, 0.1) is 0 Å². The van der Waals surface area contributed by atoms with E-state index in [0.29, 0.717) is 6.04 Å². The largest absolute Gasteiger partial charge is 0.351 e. The standard InChI is InChI=1S/C17H31N3/c1-15(2)20-10-7-17(14-20)13-18(4)11-12-19-8-5-16(3)6-9-19/h7,10,14-16H,5-6,8-9,11-13H2,1-4H3. The minimum Gasteiger partial charge on any atom is -0.351 e. The fourth-order valence-electron chi connectivity index (χ4n) is 2.86. The molecule has 1 fully saturated rings. The summed E-state index contributed by atoms with van der Waals surface area (Å²) in [5.41, 5.74) is 1.42. The van der Waals surface area contributed by atoms with Crippen molar-refractivity contribution in [3.05, 3.63) is 24.0 Å². The summed E-state index contributed by atoms with van der Waals surface area (Å²) in [5.74, 6) is 0.930. The zero-order valence-corrected chi connectivity index (χ0v) is 13.7. The minimum atomic E-state index is 0.560. The normalized spacial score (nSPS) is 18.3. The molecule has 3 heteroatoms. The predicted molar refractivity (Wildman–Crippen MR) is 86.0 cm³/mol. The highest BCUT2D eigenvalue weighted by Gasteiger charge is 2.15. The average Bonchev–Trinajstić information content (AvgIpc) is 2.87. The van der Waals surface area contributed by atoms with Crippen molar-refractivity contribution in [2.75, 3.05) is 33.2 Å². The van der Waals surface area contributed by atoms with Gasteiger partial charge in [-0.3, -0.25) is 0 Å². The fourth-order valence-corrected chi connectivity index (χ4v) is 2.86. The van der Waals surface area contributed by atoms with Crippen molar-refractivity contribution < 1.29 is 0 Å². The van der Waals surface area contributed by atoms with Crippen molar-refractivity contribution in [2.45, 2.75) is 46.2 Å². The van der Waals surface area contributed by atoms with Gasteiger partial charge in [0.1, 0.15) is 0 Å². The van der Waals surface area contributed by atoms with Crippen molar-refractivity contribution in [3.63, 3.8) is 0 Å². The quantitative estimate of drug-likeness (QED) is 0.791. The topological polar surface area (TPSA) is 11.4 Å². The van der Waals surface area contributed by atoms with Gasteiger partial charge < -0.3 is 14.4 Å². The molecule has 0 aromatic carbocycles. The fraction of sp³-hybridized carbons (Fsp3) is 0.765. The number of hydrogen-bond acceptors (Lipinski definition) is 2. The summed E-state index contributed by atoms with van der Waals surface area (Å²) in [5, 5.41) is 0. The molecule has 0 bridgehead atoms. The second-order valence-corrected chi connectivity index (χ2v) is 6.82. The van der Waals surface area contributed by atoms with Crippen LogP contribution >= 0.6 is 0 Å². The maximum Gasteiger partial charge on any atom is 0.0274 e. The van der Waals surface area contributed by atoms with Crippen LogP contribution in [0.2, 0.25) is 0 Å². The highest BCUT2D eigenvalue weighted by Crippen LogP contribution is 2.15. The molecule has 0 radical (unpaired) electrons. The van der Waals surface area contributed by atoms with Gasteiger partial charge in [-0.25, -0.2) is 0 Å². The zero-order valence-electron chi connectivity index (χ0n) is 13.7. The Hall–Kier alpha value is -0.800. The number of piperidine rings is 1. The Labute approximate surface area is 124 Å². The van der Waals surface area contributed by atoms with E-state index >= 15 is 0 Å². The molecule has 2 heterocycles. The van der Waals surface area contributed by atoms with Crippen LogP contribution in [0.4, 0.5) is 0 Å². The number of likely N-dealkylation sites (tertiary alicyclic amines) is 1.